The number of fused-ring (bicyclic) bond motifs is 1. The van der Waals surface area contributed by atoms with Crippen molar-refractivity contribution in [3.8, 4) is 5.75 Å². The smallest absolute Gasteiger partial charge is 0.338 e. The van der Waals surface area contributed by atoms with Gasteiger partial charge >= 0.3 is 5.97 Å². The van der Waals surface area contributed by atoms with Gasteiger partial charge in [0.25, 0.3) is 0 Å². The number of hydrogen-bond donors (Lipinski definition) is 1. The molecule has 0 aliphatic carbocycles. The van der Waals surface area contributed by atoms with Crippen LogP contribution in [-0.2, 0) is 16.1 Å². The second kappa shape index (κ2) is 9.06. The zero-order chi connectivity index (χ0) is 21.8. The lowest BCUT2D eigenvalue weighted by atomic mass is 9.95. The molecule has 2 aromatic carbocycles. The van der Waals surface area contributed by atoms with Crippen molar-refractivity contribution in [2.24, 2.45) is 0 Å². The Kier molecular flexibility index (Phi) is 6.04. The van der Waals surface area contributed by atoms with E-state index in [9.17, 15) is 4.79 Å². The van der Waals surface area contributed by atoms with Crippen LogP contribution < -0.4 is 10.1 Å². The zero-order valence-electron chi connectivity index (χ0n) is 16.9. The first kappa shape index (κ1) is 20.7. The van der Waals surface area contributed by atoms with E-state index in [1.54, 1.807) is 4.68 Å². The standard InChI is InChI=1S/C23H21ClN4O3/c1-3-11-30-22(29)20-15(2)27-23-25-14-26-28(23)21(20)16-8-6-9-18(12-16)31-13-17-7-4-5-10-19(17)24/h3-10,12,14,21H,1,11,13H2,2H3,(H,25,26,27). The van der Waals surface area contributed by atoms with Crippen molar-refractivity contribution in [2.75, 3.05) is 11.9 Å². The Morgan fingerprint density at radius 3 is 2.94 bits per heavy atom. The molecule has 2 heterocycles. The third-order valence-corrected chi connectivity index (χ3v) is 5.24. The molecule has 1 atom stereocenters. The van der Waals surface area contributed by atoms with Gasteiger partial charge in [-0.3, -0.25) is 0 Å². The Balaban J connectivity index is 1.66. The quantitative estimate of drug-likeness (QED) is 0.433. The molecule has 1 N–H and O–H groups in total. The van der Waals surface area contributed by atoms with Gasteiger partial charge in [-0.2, -0.15) is 10.1 Å². The number of halogens is 1. The van der Waals surface area contributed by atoms with E-state index in [1.807, 2.05) is 55.5 Å². The molecular formula is C23H21ClN4O3. The molecule has 0 fully saturated rings. The minimum atomic E-state index is -0.514. The third-order valence-electron chi connectivity index (χ3n) is 4.87. The fraction of sp³-hybridized carbons (Fsp3) is 0.174. The van der Waals surface area contributed by atoms with Gasteiger partial charge in [0.2, 0.25) is 5.95 Å². The van der Waals surface area contributed by atoms with Crippen LogP contribution in [0.2, 0.25) is 5.02 Å². The van der Waals surface area contributed by atoms with Gasteiger partial charge in [0.1, 0.15) is 31.3 Å². The summed E-state index contributed by atoms with van der Waals surface area (Å²) in [4.78, 5) is 17.1. The molecule has 7 nitrogen and oxygen atoms in total. The number of aromatic nitrogens is 3. The summed E-state index contributed by atoms with van der Waals surface area (Å²) >= 11 is 6.23. The number of rotatable bonds is 7. The van der Waals surface area contributed by atoms with E-state index in [0.29, 0.717) is 34.6 Å². The van der Waals surface area contributed by atoms with Gasteiger partial charge in [-0.05, 0) is 30.7 Å². The lowest BCUT2D eigenvalue weighted by Gasteiger charge is -2.28. The fourth-order valence-corrected chi connectivity index (χ4v) is 3.62. The molecule has 0 spiro atoms. The third kappa shape index (κ3) is 4.32. The van der Waals surface area contributed by atoms with Gasteiger partial charge in [0.05, 0.1) is 5.57 Å². The number of ether oxygens (including phenoxy) is 2. The second-order valence-electron chi connectivity index (χ2n) is 6.93. The minimum absolute atomic E-state index is 0.119. The minimum Gasteiger partial charge on any atom is -0.489 e. The van der Waals surface area contributed by atoms with Gasteiger partial charge in [0, 0.05) is 16.3 Å². The van der Waals surface area contributed by atoms with Crippen molar-refractivity contribution < 1.29 is 14.3 Å². The van der Waals surface area contributed by atoms with Crippen molar-refractivity contribution in [2.45, 2.75) is 19.6 Å². The SMILES string of the molecule is C=CCOC(=O)C1=C(C)Nc2ncnn2C1c1cccc(OCc2ccccc2Cl)c1. The number of benzene rings is 2. The molecule has 0 amide bonds. The van der Waals surface area contributed by atoms with Crippen molar-refractivity contribution in [3.05, 3.63) is 94.9 Å². The molecule has 1 unspecified atom stereocenters. The van der Waals surface area contributed by atoms with Gasteiger partial charge in [0.15, 0.2) is 0 Å². The number of nitrogens with one attached hydrogen (secondary N) is 1. The van der Waals surface area contributed by atoms with Gasteiger partial charge in [-0.1, -0.05) is 54.6 Å². The Morgan fingerprint density at radius 1 is 1.29 bits per heavy atom. The van der Waals surface area contributed by atoms with E-state index in [1.165, 1.54) is 12.4 Å². The number of esters is 1. The lowest BCUT2D eigenvalue weighted by Crippen LogP contribution is -2.29. The summed E-state index contributed by atoms with van der Waals surface area (Å²) < 4.78 is 13.0. The van der Waals surface area contributed by atoms with E-state index < -0.39 is 12.0 Å². The highest BCUT2D eigenvalue weighted by Crippen LogP contribution is 2.36. The Morgan fingerprint density at radius 2 is 2.13 bits per heavy atom. The van der Waals surface area contributed by atoms with Crippen molar-refractivity contribution >= 4 is 23.5 Å². The maximum absolute atomic E-state index is 12.8. The number of allylic oxidation sites excluding steroid dienone is 1. The Hall–Kier alpha value is -3.58. The Labute approximate surface area is 185 Å². The van der Waals surface area contributed by atoms with Crippen LogP contribution in [0.4, 0.5) is 5.95 Å². The maximum atomic E-state index is 12.8. The van der Waals surface area contributed by atoms with Crippen LogP contribution in [0.15, 0.2) is 78.8 Å². The number of anilines is 1. The second-order valence-corrected chi connectivity index (χ2v) is 7.34. The summed E-state index contributed by atoms with van der Waals surface area (Å²) in [6.45, 7) is 5.86. The summed E-state index contributed by atoms with van der Waals surface area (Å²) in [5, 5.41) is 8.08. The van der Waals surface area contributed by atoms with Crippen molar-refractivity contribution in [1.29, 1.82) is 0 Å². The summed E-state index contributed by atoms with van der Waals surface area (Å²) in [5.41, 5.74) is 2.80. The Bertz CT molecular complexity index is 1150. The molecule has 0 saturated carbocycles. The van der Waals surface area contributed by atoms with Crippen LogP contribution in [0.1, 0.15) is 24.1 Å². The van der Waals surface area contributed by atoms with Crippen LogP contribution in [0, 0.1) is 0 Å². The van der Waals surface area contributed by atoms with Gasteiger partial charge in [-0.15, -0.1) is 0 Å². The lowest BCUT2D eigenvalue weighted by molar-refractivity contribution is -0.138. The van der Waals surface area contributed by atoms with Crippen LogP contribution in [0.3, 0.4) is 0 Å². The normalized spacial score (nSPS) is 15.1. The molecule has 31 heavy (non-hydrogen) atoms. The predicted molar refractivity (Wildman–Crippen MR) is 118 cm³/mol. The van der Waals surface area contributed by atoms with Gasteiger partial charge < -0.3 is 14.8 Å². The molecule has 1 aromatic heterocycles. The molecule has 0 bridgehead atoms. The van der Waals surface area contributed by atoms with E-state index in [-0.39, 0.29) is 6.61 Å². The van der Waals surface area contributed by atoms with E-state index in [2.05, 4.69) is 22.0 Å². The van der Waals surface area contributed by atoms with E-state index >= 15 is 0 Å². The zero-order valence-corrected chi connectivity index (χ0v) is 17.7. The average Bonchev–Trinajstić information content (AvgIpc) is 3.24. The van der Waals surface area contributed by atoms with Crippen LogP contribution in [0.5, 0.6) is 5.75 Å². The number of nitrogens with zero attached hydrogens (tertiary/aromatic N) is 3. The average molecular weight is 437 g/mol. The highest BCUT2D eigenvalue weighted by Gasteiger charge is 2.34. The first-order valence-electron chi connectivity index (χ1n) is 9.70. The molecule has 1 aliphatic heterocycles. The largest absolute Gasteiger partial charge is 0.489 e. The molecular weight excluding hydrogens is 416 g/mol. The summed E-state index contributed by atoms with van der Waals surface area (Å²) in [7, 11) is 0. The van der Waals surface area contributed by atoms with Crippen LogP contribution in [-0.4, -0.2) is 27.3 Å². The maximum Gasteiger partial charge on any atom is 0.338 e. The monoisotopic (exact) mass is 436 g/mol. The topological polar surface area (TPSA) is 78.3 Å². The number of hydrogen-bond acceptors (Lipinski definition) is 6. The first-order chi connectivity index (χ1) is 15.1. The van der Waals surface area contributed by atoms with Crippen molar-refractivity contribution in [1.82, 2.24) is 14.8 Å². The highest BCUT2D eigenvalue weighted by molar-refractivity contribution is 6.31. The summed E-state index contributed by atoms with van der Waals surface area (Å²) in [6.07, 6.45) is 2.97. The van der Waals surface area contributed by atoms with Crippen LogP contribution in [0.25, 0.3) is 0 Å². The van der Waals surface area contributed by atoms with Crippen LogP contribution >= 0.6 is 11.6 Å². The molecule has 8 heteroatoms. The summed E-state index contributed by atoms with van der Waals surface area (Å²) in [5.74, 6) is 0.748. The molecule has 4 rings (SSSR count). The van der Waals surface area contributed by atoms with E-state index in [0.717, 1.165) is 11.1 Å². The fourth-order valence-electron chi connectivity index (χ4n) is 3.43. The molecule has 1 aliphatic rings. The first-order valence-corrected chi connectivity index (χ1v) is 10.1. The predicted octanol–water partition coefficient (Wildman–Crippen LogP) is 4.53. The molecule has 158 valence electrons. The molecule has 0 saturated heterocycles. The van der Waals surface area contributed by atoms with E-state index in [4.69, 9.17) is 21.1 Å². The molecule has 3 aromatic rings. The number of carbonyl (C=O) groups is 1. The highest BCUT2D eigenvalue weighted by atomic mass is 35.5. The van der Waals surface area contributed by atoms with Gasteiger partial charge in [-0.25, -0.2) is 9.48 Å². The van der Waals surface area contributed by atoms with Crippen molar-refractivity contribution in [3.63, 3.8) is 0 Å². The summed E-state index contributed by atoms with van der Waals surface area (Å²) in [6, 6.07) is 14.5. The molecule has 0 radical (unpaired) electrons. The number of carbonyl (C=O) groups excluding carboxylic acids is 1.